The molecule has 0 atom stereocenters. The Kier molecular flexibility index (Phi) is 4.68. The maximum Gasteiger partial charge on any atom is 0.225 e. The Bertz CT molecular complexity index is 604. The van der Waals surface area contributed by atoms with Gasteiger partial charge in [-0.3, -0.25) is 0 Å². The molecule has 22 heavy (non-hydrogen) atoms. The van der Waals surface area contributed by atoms with Crippen molar-refractivity contribution in [2.24, 2.45) is 0 Å². The predicted octanol–water partition coefficient (Wildman–Crippen LogP) is 2.85. The second kappa shape index (κ2) is 6.88. The molecule has 4 heteroatoms. The Hall–Kier alpha value is -1.94. The van der Waals surface area contributed by atoms with Crippen molar-refractivity contribution in [2.75, 3.05) is 18.0 Å². The molecule has 1 aliphatic heterocycles. The first-order chi connectivity index (χ1) is 10.7. The average molecular weight is 296 g/mol. The molecule has 0 spiro atoms. The molecule has 0 saturated carbocycles. The van der Waals surface area contributed by atoms with Crippen LogP contribution >= 0.6 is 0 Å². The van der Waals surface area contributed by atoms with Gasteiger partial charge < -0.3 is 10.2 Å². The normalized spacial score (nSPS) is 16.0. The Morgan fingerprint density at radius 3 is 2.55 bits per heavy atom. The summed E-state index contributed by atoms with van der Waals surface area (Å²) in [6, 6.07) is 9.00. The molecular formula is C18H24N4. The van der Waals surface area contributed by atoms with Crippen LogP contribution in [0.4, 0.5) is 5.95 Å². The van der Waals surface area contributed by atoms with Crippen molar-refractivity contribution in [1.29, 1.82) is 0 Å². The lowest BCUT2D eigenvalue weighted by Gasteiger charge is -2.32. The summed E-state index contributed by atoms with van der Waals surface area (Å²) in [6.07, 6.45) is 5.91. The largest absolute Gasteiger partial charge is 0.341 e. The van der Waals surface area contributed by atoms with Crippen molar-refractivity contribution < 1.29 is 0 Å². The van der Waals surface area contributed by atoms with Crippen LogP contribution in [-0.2, 0) is 6.54 Å². The zero-order valence-electron chi connectivity index (χ0n) is 13.4. The molecule has 1 aromatic heterocycles. The Balaban J connectivity index is 1.51. The van der Waals surface area contributed by atoms with Crippen LogP contribution in [0.3, 0.4) is 0 Å². The number of benzene rings is 1. The lowest BCUT2D eigenvalue weighted by molar-refractivity contribution is 0.411. The van der Waals surface area contributed by atoms with E-state index in [2.05, 4.69) is 52.2 Å². The molecule has 1 N–H and O–H groups in total. The zero-order valence-corrected chi connectivity index (χ0v) is 13.4. The van der Waals surface area contributed by atoms with Gasteiger partial charge in [0.2, 0.25) is 5.95 Å². The number of nitrogens with one attached hydrogen (secondary N) is 1. The summed E-state index contributed by atoms with van der Waals surface area (Å²) in [7, 11) is 0. The Morgan fingerprint density at radius 2 is 1.82 bits per heavy atom. The third kappa shape index (κ3) is 3.45. The van der Waals surface area contributed by atoms with E-state index in [1.807, 2.05) is 18.5 Å². The fourth-order valence-electron chi connectivity index (χ4n) is 3.00. The van der Waals surface area contributed by atoms with Crippen molar-refractivity contribution in [2.45, 2.75) is 39.3 Å². The number of aromatic nitrogens is 2. The van der Waals surface area contributed by atoms with Crippen molar-refractivity contribution in [1.82, 2.24) is 15.3 Å². The third-order valence-electron chi connectivity index (χ3n) is 4.63. The minimum absolute atomic E-state index is 0.583. The van der Waals surface area contributed by atoms with Gasteiger partial charge in [-0.05, 0) is 49.4 Å². The van der Waals surface area contributed by atoms with Crippen molar-refractivity contribution in [3.05, 3.63) is 53.3 Å². The van der Waals surface area contributed by atoms with Gasteiger partial charge in [0.1, 0.15) is 0 Å². The average Bonchev–Trinajstić information content (AvgIpc) is 2.57. The number of hydrogen-bond donors (Lipinski definition) is 1. The van der Waals surface area contributed by atoms with Gasteiger partial charge in [-0.25, -0.2) is 9.97 Å². The monoisotopic (exact) mass is 296 g/mol. The van der Waals surface area contributed by atoms with E-state index in [1.54, 1.807) is 0 Å². The number of piperidine rings is 1. The zero-order chi connectivity index (χ0) is 15.4. The first-order valence-corrected chi connectivity index (χ1v) is 8.04. The lowest BCUT2D eigenvalue weighted by Crippen LogP contribution is -2.42. The van der Waals surface area contributed by atoms with Crippen LogP contribution in [0.25, 0.3) is 0 Å². The molecule has 1 fully saturated rings. The Labute approximate surface area is 132 Å². The summed E-state index contributed by atoms with van der Waals surface area (Å²) in [5.41, 5.74) is 4.19. The van der Waals surface area contributed by atoms with Gasteiger partial charge in [-0.2, -0.15) is 0 Å². The minimum Gasteiger partial charge on any atom is -0.341 e. The number of hydrogen-bond acceptors (Lipinski definition) is 4. The van der Waals surface area contributed by atoms with Crippen molar-refractivity contribution >= 4 is 5.95 Å². The predicted molar refractivity (Wildman–Crippen MR) is 90.0 cm³/mol. The quantitative estimate of drug-likeness (QED) is 0.942. The summed E-state index contributed by atoms with van der Waals surface area (Å²) in [6.45, 7) is 7.39. The molecule has 2 heterocycles. The molecule has 1 saturated heterocycles. The molecule has 0 radical (unpaired) electrons. The van der Waals surface area contributed by atoms with Crippen LogP contribution in [0.5, 0.6) is 0 Å². The maximum absolute atomic E-state index is 4.34. The van der Waals surface area contributed by atoms with E-state index in [9.17, 15) is 0 Å². The van der Waals surface area contributed by atoms with E-state index in [0.717, 1.165) is 38.4 Å². The van der Waals surface area contributed by atoms with Crippen LogP contribution < -0.4 is 10.2 Å². The van der Waals surface area contributed by atoms with Gasteiger partial charge in [0, 0.05) is 38.1 Å². The standard InChI is InChI=1S/C18H24N4/c1-14-5-3-6-16(15(14)2)13-21-17-7-11-22(12-8-17)18-19-9-4-10-20-18/h3-6,9-10,17,21H,7-8,11-13H2,1-2H3. The highest BCUT2D eigenvalue weighted by molar-refractivity contribution is 5.33. The summed E-state index contributed by atoms with van der Waals surface area (Å²) in [5.74, 6) is 0.857. The Morgan fingerprint density at radius 1 is 1.09 bits per heavy atom. The molecule has 1 aliphatic rings. The molecule has 3 rings (SSSR count). The number of aryl methyl sites for hydroxylation is 1. The van der Waals surface area contributed by atoms with E-state index < -0.39 is 0 Å². The fraction of sp³-hybridized carbons (Fsp3) is 0.444. The first-order valence-electron chi connectivity index (χ1n) is 8.04. The van der Waals surface area contributed by atoms with Gasteiger partial charge in [-0.1, -0.05) is 18.2 Å². The first kappa shape index (κ1) is 15.0. The molecule has 2 aromatic rings. The molecular weight excluding hydrogens is 272 g/mol. The van der Waals surface area contributed by atoms with E-state index >= 15 is 0 Å². The van der Waals surface area contributed by atoms with Crippen LogP contribution in [0, 0.1) is 13.8 Å². The van der Waals surface area contributed by atoms with Gasteiger partial charge in [0.15, 0.2) is 0 Å². The number of nitrogens with zero attached hydrogens (tertiary/aromatic N) is 3. The van der Waals surface area contributed by atoms with Gasteiger partial charge in [0.25, 0.3) is 0 Å². The maximum atomic E-state index is 4.34. The van der Waals surface area contributed by atoms with Crippen LogP contribution in [0.1, 0.15) is 29.5 Å². The summed E-state index contributed by atoms with van der Waals surface area (Å²) in [4.78, 5) is 10.9. The molecule has 1 aromatic carbocycles. The highest BCUT2D eigenvalue weighted by Crippen LogP contribution is 2.17. The third-order valence-corrected chi connectivity index (χ3v) is 4.63. The van der Waals surface area contributed by atoms with E-state index in [0.29, 0.717) is 6.04 Å². The molecule has 116 valence electrons. The highest BCUT2D eigenvalue weighted by atomic mass is 15.3. The van der Waals surface area contributed by atoms with E-state index in [4.69, 9.17) is 0 Å². The SMILES string of the molecule is Cc1cccc(CNC2CCN(c3ncccn3)CC2)c1C. The topological polar surface area (TPSA) is 41.0 Å². The highest BCUT2D eigenvalue weighted by Gasteiger charge is 2.20. The van der Waals surface area contributed by atoms with Crippen LogP contribution in [-0.4, -0.2) is 29.1 Å². The van der Waals surface area contributed by atoms with Crippen LogP contribution in [0.15, 0.2) is 36.7 Å². The van der Waals surface area contributed by atoms with Gasteiger partial charge in [0.05, 0.1) is 0 Å². The second-order valence-corrected chi connectivity index (χ2v) is 6.05. The number of rotatable bonds is 4. The van der Waals surface area contributed by atoms with Gasteiger partial charge in [-0.15, -0.1) is 0 Å². The van der Waals surface area contributed by atoms with Crippen LogP contribution in [0.2, 0.25) is 0 Å². The van der Waals surface area contributed by atoms with Crippen molar-refractivity contribution in [3.63, 3.8) is 0 Å². The smallest absolute Gasteiger partial charge is 0.225 e. The number of anilines is 1. The molecule has 0 amide bonds. The molecule has 0 bridgehead atoms. The summed E-state index contributed by atoms with van der Waals surface area (Å²) < 4.78 is 0. The van der Waals surface area contributed by atoms with E-state index in [-0.39, 0.29) is 0 Å². The minimum atomic E-state index is 0.583. The molecule has 0 unspecified atom stereocenters. The van der Waals surface area contributed by atoms with E-state index in [1.165, 1.54) is 16.7 Å². The second-order valence-electron chi connectivity index (χ2n) is 6.05. The van der Waals surface area contributed by atoms with Crippen molar-refractivity contribution in [3.8, 4) is 0 Å². The summed E-state index contributed by atoms with van der Waals surface area (Å²) >= 11 is 0. The summed E-state index contributed by atoms with van der Waals surface area (Å²) in [5, 5.41) is 3.71. The molecule has 4 nitrogen and oxygen atoms in total. The van der Waals surface area contributed by atoms with Gasteiger partial charge >= 0.3 is 0 Å². The fourth-order valence-corrected chi connectivity index (χ4v) is 3.00. The molecule has 0 aliphatic carbocycles. The lowest BCUT2D eigenvalue weighted by atomic mass is 10.0.